The lowest BCUT2D eigenvalue weighted by Gasteiger charge is -2.26. The van der Waals surface area contributed by atoms with Gasteiger partial charge in [-0.1, -0.05) is 0 Å². The van der Waals surface area contributed by atoms with E-state index in [4.69, 9.17) is 4.74 Å². The molecule has 16 heavy (non-hydrogen) atoms. The van der Waals surface area contributed by atoms with Crippen LogP contribution >= 0.6 is 22.6 Å². The van der Waals surface area contributed by atoms with Gasteiger partial charge in [-0.25, -0.2) is 19.5 Å². The van der Waals surface area contributed by atoms with Gasteiger partial charge in [-0.3, -0.25) is 0 Å². The maximum Gasteiger partial charge on any atom is 0.429 e. The molecule has 0 aliphatic heterocycles. The first-order chi connectivity index (χ1) is 7.33. The summed E-state index contributed by atoms with van der Waals surface area (Å²) in [5, 5.41) is 1.49. The Hall–Kier alpha value is -0.790. The van der Waals surface area contributed by atoms with Gasteiger partial charge in [0.1, 0.15) is 15.6 Å². The highest BCUT2D eigenvalue weighted by Gasteiger charge is 2.22. The largest absolute Gasteiger partial charge is 0.442 e. The van der Waals surface area contributed by atoms with Crippen LogP contribution in [0.4, 0.5) is 4.79 Å². The fraction of sp³-hybridized carbons (Fsp3) is 0.600. The predicted molar refractivity (Wildman–Crippen MR) is 69.9 cm³/mol. The van der Waals surface area contributed by atoms with Crippen LogP contribution in [0.2, 0.25) is 0 Å². The molecule has 5 nitrogen and oxygen atoms in total. The highest BCUT2D eigenvalue weighted by atomic mass is 127. The standard InChI is InChI=1S/C10H16IN3O2/c1-5-14(9(15)16-10(2,3)4)13-6-8(11)12-7-13/h6-7H,5H2,1-4H3. The van der Waals surface area contributed by atoms with Crippen LogP contribution in [0.3, 0.4) is 0 Å². The van der Waals surface area contributed by atoms with Gasteiger partial charge in [0.15, 0.2) is 0 Å². The minimum absolute atomic E-state index is 0.371. The number of imidazole rings is 1. The van der Waals surface area contributed by atoms with Gasteiger partial charge < -0.3 is 4.74 Å². The molecule has 6 heteroatoms. The average Bonchev–Trinajstić information content (AvgIpc) is 2.49. The second-order valence-electron chi connectivity index (χ2n) is 4.27. The van der Waals surface area contributed by atoms with Crippen LogP contribution in [0.15, 0.2) is 12.5 Å². The molecule has 0 bridgehead atoms. The molecule has 1 amide bonds. The molecule has 0 radical (unpaired) electrons. The number of halogens is 1. The number of carbonyl (C=O) groups excluding carboxylic acids is 1. The van der Waals surface area contributed by atoms with Crippen LogP contribution in [-0.4, -0.2) is 27.9 Å². The predicted octanol–water partition coefficient (Wildman–Crippen LogP) is 2.38. The molecule has 0 atom stereocenters. The van der Waals surface area contributed by atoms with Crippen molar-refractivity contribution in [1.29, 1.82) is 0 Å². The van der Waals surface area contributed by atoms with Crippen molar-refractivity contribution >= 4 is 28.7 Å². The Kier molecular flexibility index (Phi) is 4.17. The molecular weight excluding hydrogens is 321 g/mol. The summed E-state index contributed by atoms with van der Waals surface area (Å²) >= 11 is 2.09. The quantitative estimate of drug-likeness (QED) is 0.779. The first-order valence-corrected chi connectivity index (χ1v) is 6.11. The van der Waals surface area contributed by atoms with Crippen molar-refractivity contribution in [3.63, 3.8) is 0 Å². The zero-order chi connectivity index (χ0) is 12.3. The number of aromatic nitrogens is 2. The van der Waals surface area contributed by atoms with Crippen molar-refractivity contribution < 1.29 is 9.53 Å². The van der Waals surface area contributed by atoms with Gasteiger partial charge in [0.05, 0.1) is 6.20 Å². The maximum atomic E-state index is 11.9. The van der Waals surface area contributed by atoms with Gasteiger partial charge >= 0.3 is 6.09 Å². The van der Waals surface area contributed by atoms with Gasteiger partial charge in [-0.2, -0.15) is 0 Å². The van der Waals surface area contributed by atoms with E-state index in [0.717, 1.165) is 3.70 Å². The van der Waals surface area contributed by atoms with Crippen LogP contribution in [-0.2, 0) is 4.74 Å². The van der Waals surface area contributed by atoms with Crippen LogP contribution < -0.4 is 5.01 Å². The topological polar surface area (TPSA) is 47.4 Å². The Morgan fingerprint density at radius 3 is 2.62 bits per heavy atom. The second kappa shape index (κ2) is 5.03. The van der Waals surface area contributed by atoms with Gasteiger partial charge in [-0.05, 0) is 50.3 Å². The van der Waals surface area contributed by atoms with Crippen molar-refractivity contribution in [2.24, 2.45) is 0 Å². The third-order valence-electron chi connectivity index (χ3n) is 1.72. The maximum absolute atomic E-state index is 11.9. The van der Waals surface area contributed by atoms with Crippen molar-refractivity contribution in [1.82, 2.24) is 9.66 Å². The van der Waals surface area contributed by atoms with E-state index in [2.05, 4.69) is 27.6 Å². The van der Waals surface area contributed by atoms with Gasteiger partial charge in [-0.15, -0.1) is 0 Å². The molecule has 0 fully saturated rings. The fourth-order valence-electron chi connectivity index (χ4n) is 1.12. The summed E-state index contributed by atoms with van der Waals surface area (Å²) in [5.41, 5.74) is -0.488. The molecule has 0 aliphatic rings. The smallest absolute Gasteiger partial charge is 0.429 e. The number of nitrogens with zero attached hydrogens (tertiary/aromatic N) is 3. The molecule has 0 saturated heterocycles. The summed E-state index contributed by atoms with van der Waals surface area (Å²) in [7, 11) is 0. The SMILES string of the molecule is CCN(C(=O)OC(C)(C)C)n1cnc(I)c1. The van der Waals surface area contributed by atoms with Crippen molar-refractivity contribution in [2.45, 2.75) is 33.3 Å². The van der Waals surface area contributed by atoms with Gasteiger partial charge in [0, 0.05) is 6.54 Å². The molecule has 0 N–H and O–H groups in total. The molecular formula is C10H16IN3O2. The number of hydrogen-bond donors (Lipinski definition) is 0. The zero-order valence-electron chi connectivity index (χ0n) is 9.90. The minimum atomic E-state index is -0.488. The number of hydrogen-bond acceptors (Lipinski definition) is 3. The van der Waals surface area contributed by atoms with Crippen molar-refractivity contribution in [3.8, 4) is 0 Å². The number of rotatable bonds is 2. The Balaban J connectivity index is 2.79. The van der Waals surface area contributed by atoms with E-state index in [9.17, 15) is 4.79 Å². The van der Waals surface area contributed by atoms with E-state index >= 15 is 0 Å². The second-order valence-corrected chi connectivity index (χ2v) is 5.38. The average molecular weight is 337 g/mol. The Bertz CT molecular complexity index is 370. The third-order valence-corrected chi connectivity index (χ3v) is 2.28. The molecule has 90 valence electrons. The highest BCUT2D eigenvalue weighted by Crippen LogP contribution is 2.10. The van der Waals surface area contributed by atoms with E-state index in [1.807, 2.05) is 27.7 Å². The molecule has 1 aromatic rings. The summed E-state index contributed by atoms with van der Waals surface area (Å²) in [4.78, 5) is 15.9. The summed E-state index contributed by atoms with van der Waals surface area (Å²) < 4.78 is 7.76. The molecule has 1 rings (SSSR count). The lowest BCUT2D eigenvalue weighted by molar-refractivity contribution is 0.0541. The van der Waals surface area contributed by atoms with Crippen molar-refractivity contribution in [3.05, 3.63) is 16.2 Å². The first-order valence-electron chi connectivity index (χ1n) is 5.04. The summed E-state index contributed by atoms with van der Waals surface area (Å²) in [6, 6.07) is 0. The van der Waals surface area contributed by atoms with Crippen LogP contribution in [0.5, 0.6) is 0 Å². The third kappa shape index (κ3) is 3.66. The Morgan fingerprint density at radius 1 is 1.62 bits per heavy atom. The lowest BCUT2D eigenvalue weighted by Crippen LogP contribution is -2.43. The van der Waals surface area contributed by atoms with Gasteiger partial charge in [0.2, 0.25) is 0 Å². The van der Waals surface area contributed by atoms with E-state index in [1.165, 1.54) is 5.01 Å². The fourth-order valence-corrected chi connectivity index (χ4v) is 1.53. The Labute approximate surface area is 109 Å². The van der Waals surface area contributed by atoms with Crippen LogP contribution in [0.1, 0.15) is 27.7 Å². The summed E-state index contributed by atoms with van der Waals surface area (Å²) in [5.74, 6) is 0. The number of amides is 1. The molecule has 0 spiro atoms. The summed E-state index contributed by atoms with van der Waals surface area (Å²) in [6.07, 6.45) is 2.99. The van der Waals surface area contributed by atoms with Crippen LogP contribution in [0.25, 0.3) is 0 Å². The first kappa shape index (κ1) is 13.3. The Morgan fingerprint density at radius 2 is 2.25 bits per heavy atom. The number of ether oxygens (including phenoxy) is 1. The van der Waals surface area contributed by atoms with Crippen LogP contribution in [0, 0.1) is 3.70 Å². The molecule has 0 aliphatic carbocycles. The lowest BCUT2D eigenvalue weighted by atomic mass is 10.2. The van der Waals surface area contributed by atoms with E-state index in [-0.39, 0.29) is 6.09 Å². The monoisotopic (exact) mass is 337 g/mol. The van der Waals surface area contributed by atoms with Crippen molar-refractivity contribution in [2.75, 3.05) is 11.6 Å². The molecule has 1 aromatic heterocycles. The minimum Gasteiger partial charge on any atom is -0.442 e. The van der Waals surface area contributed by atoms with E-state index in [0.29, 0.717) is 6.54 Å². The molecule has 0 saturated carbocycles. The highest BCUT2D eigenvalue weighted by molar-refractivity contribution is 14.1. The number of carbonyl (C=O) groups is 1. The molecule has 1 heterocycles. The van der Waals surface area contributed by atoms with Gasteiger partial charge in [0.25, 0.3) is 0 Å². The summed E-state index contributed by atoms with van der Waals surface area (Å²) in [6.45, 7) is 7.95. The molecule has 0 aromatic carbocycles. The van der Waals surface area contributed by atoms with E-state index in [1.54, 1.807) is 17.2 Å². The zero-order valence-corrected chi connectivity index (χ0v) is 12.1. The van der Waals surface area contributed by atoms with E-state index < -0.39 is 5.60 Å². The normalized spacial score (nSPS) is 11.3. The molecule has 0 unspecified atom stereocenters.